The minimum absolute atomic E-state index is 0.143. The maximum absolute atomic E-state index is 6.04. The molecule has 0 fully saturated rings. The summed E-state index contributed by atoms with van der Waals surface area (Å²) in [4.78, 5) is 8.00. The highest BCUT2D eigenvalue weighted by Crippen LogP contribution is 2.32. The number of benzene rings is 2. The second kappa shape index (κ2) is 9.67. The molecule has 0 aliphatic carbocycles. The van der Waals surface area contributed by atoms with E-state index < -0.39 is 0 Å². The van der Waals surface area contributed by atoms with Crippen molar-refractivity contribution in [1.29, 1.82) is 0 Å². The number of aryl methyl sites for hydroxylation is 1. The molecule has 0 saturated heterocycles. The Bertz CT molecular complexity index is 984. The Morgan fingerprint density at radius 1 is 0.933 bits per heavy atom. The van der Waals surface area contributed by atoms with Crippen molar-refractivity contribution in [2.45, 2.75) is 33.1 Å². The summed E-state index contributed by atoms with van der Waals surface area (Å²) in [5, 5.41) is 0.729. The van der Waals surface area contributed by atoms with Crippen molar-refractivity contribution in [2.75, 3.05) is 24.7 Å². The van der Waals surface area contributed by atoms with Crippen LogP contribution in [0, 0.1) is 6.92 Å². The molecule has 0 atom stereocenters. The summed E-state index contributed by atoms with van der Waals surface area (Å²) in [6, 6.07) is 14.1. The second-order valence-corrected chi connectivity index (χ2v) is 7.78. The predicted octanol–water partition coefficient (Wildman–Crippen LogP) is 5.24. The first-order valence-electron chi connectivity index (χ1n) is 9.90. The summed E-state index contributed by atoms with van der Waals surface area (Å²) in [5.41, 5.74) is 15.5. The number of halogens is 1. The maximum Gasteiger partial charge on any atom is 0.222 e. The van der Waals surface area contributed by atoms with Gasteiger partial charge in [-0.1, -0.05) is 43.6 Å². The van der Waals surface area contributed by atoms with Crippen LogP contribution in [0.3, 0.4) is 0 Å². The molecule has 0 aliphatic heterocycles. The van der Waals surface area contributed by atoms with E-state index in [1.165, 1.54) is 0 Å². The average molecular weight is 427 g/mol. The molecule has 0 aliphatic rings. The van der Waals surface area contributed by atoms with Gasteiger partial charge in [0.1, 0.15) is 5.75 Å². The Balaban J connectivity index is 1.60. The van der Waals surface area contributed by atoms with Gasteiger partial charge in [-0.05, 0) is 53.8 Å². The molecule has 6 nitrogen and oxygen atoms in total. The van der Waals surface area contributed by atoms with E-state index in [1.807, 2.05) is 30.3 Å². The van der Waals surface area contributed by atoms with Gasteiger partial charge in [0, 0.05) is 11.4 Å². The lowest BCUT2D eigenvalue weighted by Crippen LogP contribution is -2.10. The van der Waals surface area contributed by atoms with Crippen LogP contribution in [0.2, 0.25) is 5.02 Å². The van der Waals surface area contributed by atoms with Crippen molar-refractivity contribution in [3.05, 3.63) is 58.7 Å². The Morgan fingerprint density at radius 2 is 1.60 bits per heavy atom. The highest BCUT2D eigenvalue weighted by molar-refractivity contribution is 6.30. The van der Waals surface area contributed by atoms with Gasteiger partial charge in [-0.3, -0.25) is 0 Å². The van der Waals surface area contributed by atoms with E-state index in [0.717, 1.165) is 27.5 Å². The lowest BCUT2D eigenvalue weighted by atomic mass is 9.96. The molecule has 158 valence electrons. The van der Waals surface area contributed by atoms with Gasteiger partial charge in [-0.2, -0.15) is 4.98 Å². The summed E-state index contributed by atoms with van der Waals surface area (Å²) in [6.07, 6.45) is 0.694. The van der Waals surface area contributed by atoms with Gasteiger partial charge in [-0.25, -0.2) is 4.98 Å². The Morgan fingerprint density at radius 3 is 2.27 bits per heavy atom. The van der Waals surface area contributed by atoms with Gasteiger partial charge in [0.15, 0.2) is 11.6 Å². The van der Waals surface area contributed by atoms with Crippen LogP contribution < -0.4 is 20.9 Å². The Labute approximate surface area is 182 Å². The fourth-order valence-corrected chi connectivity index (χ4v) is 3.28. The first kappa shape index (κ1) is 21.7. The van der Waals surface area contributed by atoms with Gasteiger partial charge >= 0.3 is 0 Å². The standard InChI is InChI=1S/C23H27ClN4O2/c1-14(2)19-13-17(16-5-8-18(24)9-6-16)7-10-20(19)29-11-4-12-30-21-15(3)27-23(26)28-22(21)25/h5-10,13-14H,4,11-12H2,1-3H3,(H4,25,26,27,28). The molecule has 0 amide bonds. The summed E-state index contributed by atoms with van der Waals surface area (Å²) >= 11 is 6.00. The first-order chi connectivity index (χ1) is 14.3. The first-order valence-corrected chi connectivity index (χ1v) is 10.3. The minimum atomic E-state index is 0.143. The molecule has 0 radical (unpaired) electrons. The molecule has 0 bridgehead atoms. The summed E-state index contributed by atoms with van der Waals surface area (Å²) in [7, 11) is 0. The molecule has 0 saturated carbocycles. The lowest BCUT2D eigenvalue weighted by Gasteiger charge is -2.16. The van der Waals surface area contributed by atoms with E-state index in [2.05, 4.69) is 35.9 Å². The van der Waals surface area contributed by atoms with Crippen molar-refractivity contribution < 1.29 is 9.47 Å². The zero-order chi connectivity index (χ0) is 21.7. The zero-order valence-corrected chi connectivity index (χ0v) is 18.2. The van der Waals surface area contributed by atoms with E-state index in [-0.39, 0.29) is 11.8 Å². The quantitative estimate of drug-likeness (QED) is 0.478. The summed E-state index contributed by atoms with van der Waals surface area (Å²) < 4.78 is 11.8. The second-order valence-electron chi connectivity index (χ2n) is 7.35. The molecule has 4 N–H and O–H groups in total. The smallest absolute Gasteiger partial charge is 0.222 e. The van der Waals surface area contributed by atoms with Crippen molar-refractivity contribution in [3.63, 3.8) is 0 Å². The molecule has 7 heteroatoms. The normalized spacial score (nSPS) is 11.0. The van der Waals surface area contributed by atoms with Crippen LogP contribution in [0.5, 0.6) is 11.5 Å². The van der Waals surface area contributed by atoms with E-state index in [4.69, 9.17) is 32.5 Å². The van der Waals surface area contributed by atoms with Crippen LogP contribution in [0.4, 0.5) is 11.8 Å². The fraction of sp³-hybridized carbons (Fsp3) is 0.304. The topological polar surface area (TPSA) is 96.3 Å². The number of nitrogen functional groups attached to an aromatic ring is 2. The van der Waals surface area contributed by atoms with Crippen LogP contribution in [0.1, 0.15) is 37.4 Å². The van der Waals surface area contributed by atoms with Gasteiger partial charge in [-0.15, -0.1) is 0 Å². The Kier molecular flexibility index (Phi) is 7.00. The number of anilines is 2. The summed E-state index contributed by atoms with van der Waals surface area (Å²) in [6.45, 7) is 7.07. The van der Waals surface area contributed by atoms with Crippen LogP contribution in [-0.4, -0.2) is 23.2 Å². The average Bonchev–Trinajstić information content (AvgIpc) is 2.70. The number of rotatable bonds is 8. The lowest BCUT2D eigenvalue weighted by molar-refractivity contribution is 0.245. The third kappa shape index (κ3) is 5.33. The molecule has 3 rings (SSSR count). The number of aromatic nitrogens is 2. The van der Waals surface area contributed by atoms with Gasteiger partial charge in [0.25, 0.3) is 0 Å². The largest absolute Gasteiger partial charge is 0.493 e. The summed E-state index contributed by atoms with van der Waals surface area (Å²) in [5.74, 6) is 2.08. The third-order valence-corrected chi connectivity index (χ3v) is 4.93. The number of nitrogens with zero attached hydrogens (tertiary/aromatic N) is 2. The van der Waals surface area contributed by atoms with E-state index >= 15 is 0 Å². The molecule has 1 aromatic heterocycles. The SMILES string of the molecule is Cc1nc(N)nc(N)c1OCCCOc1ccc(-c2ccc(Cl)cc2)cc1C(C)C. The number of hydrogen-bond acceptors (Lipinski definition) is 6. The van der Waals surface area contributed by atoms with Crippen LogP contribution in [0.15, 0.2) is 42.5 Å². The van der Waals surface area contributed by atoms with Crippen LogP contribution in [-0.2, 0) is 0 Å². The molecular weight excluding hydrogens is 400 g/mol. The number of ether oxygens (including phenoxy) is 2. The predicted molar refractivity (Wildman–Crippen MR) is 122 cm³/mol. The van der Waals surface area contributed by atoms with E-state index in [1.54, 1.807) is 6.92 Å². The van der Waals surface area contributed by atoms with Crippen LogP contribution in [0.25, 0.3) is 11.1 Å². The van der Waals surface area contributed by atoms with Crippen molar-refractivity contribution in [2.24, 2.45) is 0 Å². The Hall–Kier alpha value is -2.99. The monoisotopic (exact) mass is 426 g/mol. The van der Waals surface area contributed by atoms with Crippen molar-refractivity contribution in [1.82, 2.24) is 9.97 Å². The van der Waals surface area contributed by atoms with E-state index in [0.29, 0.717) is 37.0 Å². The van der Waals surface area contributed by atoms with Crippen LogP contribution >= 0.6 is 11.6 Å². The van der Waals surface area contributed by atoms with Gasteiger partial charge in [0.2, 0.25) is 5.95 Å². The molecular formula is C23H27ClN4O2. The third-order valence-electron chi connectivity index (χ3n) is 4.68. The molecule has 1 heterocycles. The van der Waals surface area contributed by atoms with Gasteiger partial charge < -0.3 is 20.9 Å². The number of nitrogens with two attached hydrogens (primary N) is 2. The highest BCUT2D eigenvalue weighted by atomic mass is 35.5. The molecule has 3 aromatic rings. The molecule has 2 aromatic carbocycles. The molecule has 30 heavy (non-hydrogen) atoms. The highest BCUT2D eigenvalue weighted by Gasteiger charge is 2.12. The fourth-order valence-electron chi connectivity index (χ4n) is 3.15. The van der Waals surface area contributed by atoms with E-state index in [9.17, 15) is 0 Å². The maximum atomic E-state index is 6.04. The van der Waals surface area contributed by atoms with Crippen molar-refractivity contribution in [3.8, 4) is 22.6 Å². The van der Waals surface area contributed by atoms with Gasteiger partial charge in [0.05, 0.1) is 18.9 Å². The zero-order valence-electron chi connectivity index (χ0n) is 17.5. The van der Waals surface area contributed by atoms with Crippen molar-refractivity contribution >= 4 is 23.4 Å². The minimum Gasteiger partial charge on any atom is -0.493 e. The molecule has 0 unspecified atom stereocenters. The number of hydrogen-bond donors (Lipinski definition) is 2. The molecule has 0 spiro atoms.